The van der Waals surface area contributed by atoms with Gasteiger partial charge in [-0.15, -0.1) is 11.8 Å². The molecule has 3 heterocycles. The van der Waals surface area contributed by atoms with Crippen molar-refractivity contribution in [1.29, 1.82) is 0 Å². The minimum absolute atomic E-state index is 0.0401. The number of aldehydes is 1. The second-order valence-electron chi connectivity index (χ2n) is 33.9. The highest BCUT2D eigenvalue weighted by Crippen LogP contribution is 2.28. The maximum atomic E-state index is 15.4. The molecule has 0 aliphatic carbocycles. The zero-order chi connectivity index (χ0) is 95.0. The topological polar surface area (TPSA) is 537 Å². The number of unbranched alkanes of at least 4 members (excludes halogenated alkanes) is 1. The Balaban J connectivity index is 1.13. The van der Waals surface area contributed by atoms with Gasteiger partial charge in [0.05, 0.1) is 49.4 Å². The normalized spacial score (nSPS) is 16.5. The van der Waals surface area contributed by atoms with Crippen molar-refractivity contribution in [2.24, 2.45) is 35.0 Å². The largest absolute Gasteiger partial charge is 0.508 e. The van der Waals surface area contributed by atoms with E-state index in [1.807, 2.05) is 20.8 Å². The number of rotatable bonds is 52. The van der Waals surface area contributed by atoms with E-state index >= 15 is 24.0 Å². The molecule has 17 N–H and O–H groups in total. The van der Waals surface area contributed by atoms with Crippen LogP contribution in [-0.4, -0.2) is 278 Å². The lowest BCUT2D eigenvalue weighted by molar-refractivity contribution is -0.152. The van der Waals surface area contributed by atoms with Gasteiger partial charge in [0, 0.05) is 89.2 Å². The Morgan fingerprint density at radius 3 is 1.74 bits per heavy atom. The Morgan fingerprint density at radius 1 is 0.589 bits per heavy atom. The van der Waals surface area contributed by atoms with Gasteiger partial charge in [0.1, 0.15) is 72.2 Å². The number of carbonyl (C=O) groups excluding carboxylic acids is 16. The number of carboxylic acids is 1. The van der Waals surface area contributed by atoms with E-state index in [0.29, 0.717) is 65.3 Å². The second-order valence-corrected chi connectivity index (χ2v) is 34.9. The highest BCUT2D eigenvalue weighted by atomic mass is 32.2. The average Bonchev–Trinajstić information content (AvgIpc) is 1.75. The molecule has 14 amide bonds. The van der Waals surface area contributed by atoms with Gasteiger partial charge < -0.3 is 98.9 Å². The van der Waals surface area contributed by atoms with E-state index in [-0.39, 0.29) is 107 Å². The molecule has 1 unspecified atom stereocenters. The van der Waals surface area contributed by atoms with Crippen molar-refractivity contribution in [3.8, 4) is 5.75 Å². The zero-order valence-electron chi connectivity index (χ0n) is 74.9. The van der Waals surface area contributed by atoms with Crippen molar-refractivity contribution in [2.45, 2.75) is 230 Å². The van der Waals surface area contributed by atoms with Crippen molar-refractivity contribution in [2.75, 3.05) is 58.8 Å². The number of likely N-dealkylation sites (N-methyl/N-ethyl adjacent to an activating group) is 3. The van der Waals surface area contributed by atoms with Gasteiger partial charge in [0.2, 0.25) is 82.7 Å². The van der Waals surface area contributed by atoms with Crippen molar-refractivity contribution in [1.82, 2.24) is 72.0 Å². The molecule has 7 rings (SSSR count). The highest BCUT2D eigenvalue weighted by Gasteiger charge is 2.45. The quantitative estimate of drug-likeness (QED) is 0.0246. The molecule has 0 radical (unpaired) electrons. The van der Waals surface area contributed by atoms with Gasteiger partial charge in [-0.3, -0.25) is 82.0 Å². The summed E-state index contributed by atoms with van der Waals surface area (Å²) in [5, 5.41) is 42.0. The van der Waals surface area contributed by atoms with Gasteiger partial charge in [-0.1, -0.05) is 141 Å². The number of benzene rings is 4. The predicted octanol–water partition coefficient (Wildman–Crippen LogP) is 1.72. The molecule has 5 aromatic rings. The van der Waals surface area contributed by atoms with Crippen LogP contribution >= 0.6 is 11.8 Å². The summed E-state index contributed by atoms with van der Waals surface area (Å²) in [4.78, 5) is 248. The zero-order valence-corrected chi connectivity index (χ0v) is 75.7. The second kappa shape index (κ2) is 50.5. The molecule has 1 aromatic heterocycles. The number of nitrogens with zero attached hydrogens (tertiary/aromatic N) is 5. The van der Waals surface area contributed by atoms with Crippen LogP contribution in [0.4, 0.5) is 4.39 Å². The Labute approximate surface area is 754 Å². The fourth-order valence-corrected chi connectivity index (χ4v) is 16.7. The molecule has 2 aliphatic rings. The number of primary amides is 2. The first-order valence-corrected chi connectivity index (χ1v) is 44.9. The molecule has 4 aromatic carbocycles. The molecule has 2 aliphatic heterocycles. The summed E-state index contributed by atoms with van der Waals surface area (Å²) in [5.74, 6) is -15.5. The number of aromatic nitrogens is 1. The number of nitrogens with one attached hydrogen (secondary N) is 9. The van der Waals surface area contributed by atoms with Crippen LogP contribution in [0, 0.1) is 23.6 Å². The number of fused-ring (bicyclic) bond motifs is 1. The maximum Gasteiger partial charge on any atom is 0.305 e. The Kier molecular flexibility index (Phi) is 40.7. The molecule has 14 atom stereocenters. The molecule has 0 spiro atoms. The number of carbonyl (C=O) groups is 17. The van der Waals surface area contributed by atoms with Gasteiger partial charge in [-0.05, 0) is 115 Å². The first-order chi connectivity index (χ1) is 61.2. The number of H-pyrrole nitrogens is 1. The van der Waals surface area contributed by atoms with Gasteiger partial charge in [-0.2, -0.15) is 0 Å². The third-order valence-corrected chi connectivity index (χ3v) is 24.3. The van der Waals surface area contributed by atoms with E-state index in [9.17, 15) is 72.1 Å². The number of thioether (sulfide) groups is 1. The number of phenols is 1. The van der Waals surface area contributed by atoms with E-state index in [2.05, 4.69) is 47.5 Å². The first-order valence-electron chi connectivity index (χ1n) is 43.7. The number of halogens is 1. The summed E-state index contributed by atoms with van der Waals surface area (Å²) in [6.45, 7) is 11.6. The number of hydrogen-bond donors (Lipinski definition) is 14. The molecular formula is C91H126FN17O19S. The van der Waals surface area contributed by atoms with Crippen LogP contribution in [0.2, 0.25) is 0 Å². The van der Waals surface area contributed by atoms with E-state index in [0.717, 1.165) is 28.8 Å². The Morgan fingerprint density at radius 2 is 1.15 bits per heavy atom. The lowest BCUT2D eigenvalue weighted by Gasteiger charge is -2.38. The fourth-order valence-electron chi connectivity index (χ4n) is 15.9. The lowest BCUT2D eigenvalue weighted by atomic mass is 9.92. The standard InChI is InChI=1S/C91H126FN17O19S/c1-11-13-25-72(90(127)109-39-20-26-70(109)85(122)99-60(49-110)45-78(116)117)105(8)89(126)73(43-55-21-15-14-16-22-55)106(9)87(124)68(42-56-28-32-59(92)33-29-56)100-77(115)51-129-50-69(81(118)98-48-76(94)114)104-82(119)65(40-52(3)4)101-83(120)66(41-57-30-34-61(111)35-31-57)102-84(121)67(44-58-46-96-63-24-18-17-23-62(58)63)103-86(123)71-27-19-38-108(71)88(125)64(36-37-75(93)113)97-47-74(112)80(54(7)12-2)107(10)91(128)79(95)53(5)6/h14-18,21-24,28-35,46,49,52-54,60,64-73,79-80,96-97,111H,11-13,19-20,25-27,36-45,47-48,50-51,95H2,1-10H3,(H2,93,113)(H2,94,114)(H,98,118)(H,99,122)(H,100,115)(H,101,120)(H,102,121)(H,103,123)(H,104,119)(H,116,117)/t54?,60-,64-,65-,66-,67-,68-,69-,70+,71+,72-,73-,79-,80-/m0/s1. The molecule has 2 fully saturated rings. The summed E-state index contributed by atoms with van der Waals surface area (Å²) in [6, 6.07) is 9.41. The predicted molar refractivity (Wildman–Crippen MR) is 479 cm³/mol. The minimum Gasteiger partial charge on any atom is -0.508 e. The summed E-state index contributed by atoms with van der Waals surface area (Å²) in [7, 11) is 4.24. The smallest absolute Gasteiger partial charge is 0.305 e. The highest BCUT2D eigenvalue weighted by molar-refractivity contribution is 8.00. The van der Waals surface area contributed by atoms with E-state index in [1.54, 1.807) is 88.5 Å². The van der Waals surface area contributed by atoms with Crippen LogP contribution in [0.5, 0.6) is 5.75 Å². The number of carboxylic acid groups (broad SMARTS) is 1. The number of aromatic amines is 1. The van der Waals surface area contributed by atoms with Crippen molar-refractivity contribution in [3.63, 3.8) is 0 Å². The van der Waals surface area contributed by atoms with Crippen LogP contribution in [-0.2, 0) is 107 Å². The molecule has 129 heavy (non-hydrogen) atoms. The van der Waals surface area contributed by atoms with Crippen LogP contribution in [0.1, 0.15) is 148 Å². The van der Waals surface area contributed by atoms with Crippen molar-refractivity contribution >= 4 is 123 Å². The Hall–Kier alpha value is -12.2. The number of aromatic hydroxyl groups is 1. The number of aliphatic carboxylic acids is 1. The molecule has 0 saturated carbocycles. The van der Waals surface area contributed by atoms with Crippen LogP contribution in [0.15, 0.2) is 109 Å². The number of ketones is 1. The van der Waals surface area contributed by atoms with Crippen molar-refractivity contribution < 1.29 is 96.1 Å². The van der Waals surface area contributed by atoms with Crippen LogP contribution in [0.25, 0.3) is 10.9 Å². The molecule has 38 heteroatoms. The van der Waals surface area contributed by atoms with Gasteiger partial charge in [0.15, 0.2) is 5.78 Å². The summed E-state index contributed by atoms with van der Waals surface area (Å²) in [6.07, 6.45) is 2.32. The van der Waals surface area contributed by atoms with E-state index in [1.165, 1.54) is 77.1 Å². The van der Waals surface area contributed by atoms with Gasteiger partial charge >= 0.3 is 5.97 Å². The number of amides is 14. The summed E-state index contributed by atoms with van der Waals surface area (Å²) < 4.78 is 14.5. The molecular weight excluding hydrogens is 1690 g/mol. The third kappa shape index (κ3) is 30.8. The van der Waals surface area contributed by atoms with Crippen LogP contribution < -0.4 is 59.7 Å². The maximum absolute atomic E-state index is 15.4. The monoisotopic (exact) mass is 1810 g/mol. The molecule has 2 saturated heterocycles. The molecule has 0 bridgehead atoms. The number of Topliss-reactive ketones (excluding diaryl/α,β-unsaturated/α-hetero) is 1. The SMILES string of the molecule is CCCC[C@@H](C(=O)N1CCC[C@@H]1C(=O)N[C@H](C=O)CC(=O)O)N(C)C(=O)[C@H](Cc1ccccc1)N(C)C(=O)[C@H](Cc1ccc(F)cc1)NC(=O)CSC[C@H](NC(=O)[C@H](CC(C)C)NC(=O)[C@H](Cc1ccc(O)cc1)NC(=O)[C@H](Cc1c[nH]c2ccccc12)NC(=O)[C@H]1CCCN1C(=O)[C@H](CCC(N)=O)NCC(=O)[C@H](C(C)CC)N(C)C(=O)[C@@H](N)C(C)C)C(=O)NCC(N)=O. The van der Waals surface area contributed by atoms with Gasteiger partial charge in [0.25, 0.3) is 0 Å². The van der Waals surface area contributed by atoms with E-state index < -0.39 is 210 Å². The molecule has 702 valence electrons. The number of nitrogens with two attached hydrogens (primary N) is 3. The van der Waals surface area contributed by atoms with Crippen molar-refractivity contribution in [3.05, 3.63) is 137 Å². The lowest BCUT2D eigenvalue weighted by Crippen LogP contribution is -2.60. The number of likely N-dealkylation sites (tertiary alicyclic amines) is 2. The Bertz CT molecular complexity index is 4730. The number of hydrogen-bond acceptors (Lipinski definition) is 21. The molecule has 36 nitrogen and oxygen atoms in total. The number of para-hydroxylation sites is 1. The summed E-state index contributed by atoms with van der Waals surface area (Å²) >= 11 is 0.789. The fraction of sp³-hybridized carbons (Fsp3) is 0.527. The van der Waals surface area contributed by atoms with Crippen LogP contribution in [0.3, 0.4) is 0 Å². The summed E-state index contributed by atoms with van der Waals surface area (Å²) in [5.41, 5.74) is 19.9. The first kappa shape index (κ1) is 104. The minimum atomic E-state index is -1.60. The van der Waals surface area contributed by atoms with Gasteiger partial charge in [-0.25, -0.2) is 4.39 Å². The average molecular weight is 1810 g/mol. The third-order valence-electron chi connectivity index (χ3n) is 23.3. The number of phenolic OH excluding ortho intramolecular Hbond substituents is 1. The van der Waals surface area contributed by atoms with E-state index in [4.69, 9.17) is 17.2 Å².